The number of aliphatic imine (C=N–C) groups is 1. The van der Waals surface area contributed by atoms with E-state index in [9.17, 15) is 9.59 Å². The Morgan fingerprint density at radius 1 is 0.804 bits per heavy atom. The zero-order valence-electron chi connectivity index (χ0n) is 31.6. The Labute approximate surface area is 363 Å². The first-order valence-electron chi connectivity index (χ1n) is 18.4. The van der Waals surface area contributed by atoms with Crippen molar-refractivity contribution in [3.05, 3.63) is 142 Å². The minimum Gasteiger partial charge on any atom is -0.782 e. The zero-order valence-corrected chi connectivity index (χ0v) is 36.1. The maximum atomic E-state index is 13.8. The van der Waals surface area contributed by atoms with Crippen molar-refractivity contribution in [3.8, 4) is 17.2 Å². The van der Waals surface area contributed by atoms with E-state index in [1.165, 1.54) is 5.56 Å². The summed E-state index contributed by atoms with van der Waals surface area (Å²) in [5, 5.41) is 0.819. The molecular formula is C45H41N3O5S2Y-2. The van der Waals surface area contributed by atoms with Gasteiger partial charge in [-0.2, -0.15) is 36.0 Å². The van der Waals surface area contributed by atoms with Crippen LogP contribution in [-0.2, 0) is 77.8 Å². The van der Waals surface area contributed by atoms with Crippen molar-refractivity contribution in [2.75, 3.05) is 28.3 Å². The number of fused-ring (bicyclic) bond motifs is 8. The first-order valence-corrected chi connectivity index (χ1v) is 20.4. The summed E-state index contributed by atoms with van der Waals surface area (Å²) in [7, 11) is 1.57. The molecule has 4 aliphatic rings. The Kier molecular flexibility index (Phi) is 12.6. The molecule has 9 rings (SSSR count). The first kappa shape index (κ1) is 40.1. The second-order valence-corrected chi connectivity index (χ2v) is 15.6. The van der Waals surface area contributed by atoms with Crippen molar-refractivity contribution in [1.29, 1.82) is 0 Å². The normalized spacial score (nSPS) is 17.1. The third-order valence-electron chi connectivity index (χ3n) is 10.6. The van der Waals surface area contributed by atoms with Gasteiger partial charge in [0.05, 0.1) is 37.6 Å². The van der Waals surface area contributed by atoms with Crippen LogP contribution in [0.5, 0.6) is 17.2 Å². The van der Waals surface area contributed by atoms with E-state index in [1.807, 2.05) is 89.9 Å². The molecule has 11 heteroatoms. The molecule has 0 spiro atoms. The van der Waals surface area contributed by atoms with Gasteiger partial charge in [-0.05, 0) is 85.0 Å². The van der Waals surface area contributed by atoms with Crippen LogP contribution >= 0.6 is 11.8 Å². The Morgan fingerprint density at radius 3 is 2.14 bits per heavy atom. The largest absolute Gasteiger partial charge is 0.782 e. The molecule has 0 saturated carbocycles. The summed E-state index contributed by atoms with van der Waals surface area (Å²) in [4.78, 5) is 36.1. The second kappa shape index (κ2) is 17.6. The number of thioether (sulfide) groups is 1. The maximum Gasteiger partial charge on any atom is 0.261 e. The molecule has 0 saturated heterocycles. The van der Waals surface area contributed by atoms with Gasteiger partial charge in [-0.3, -0.25) is 19.5 Å². The van der Waals surface area contributed by atoms with Gasteiger partial charge in [0.15, 0.2) is 11.5 Å². The topological polar surface area (TPSA) is 80.7 Å². The number of hydrogen-bond acceptors (Lipinski definition) is 8. The summed E-state index contributed by atoms with van der Waals surface area (Å²) >= 11 is 6.19. The van der Waals surface area contributed by atoms with Gasteiger partial charge in [0.25, 0.3) is 11.8 Å². The van der Waals surface area contributed by atoms with Crippen molar-refractivity contribution < 1.29 is 56.5 Å². The van der Waals surface area contributed by atoms with Gasteiger partial charge in [0, 0.05) is 74.4 Å². The van der Waals surface area contributed by atoms with Gasteiger partial charge in [-0.15, -0.1) is 16.2 Å². The predicted octanol–water partition coefficient (Wildman–Crippen LogP) is 8.62. The van der Waals surface area contributed by atoms with Crippen LogP contribution < -0.4 is 24.0 Å². The third-order valence-corrected chi connectivity index (χ3v) is 11.6. The van der Waals surface area contributed by atoms with E-state index >= 15 is 0 Å². The van der Waals surface area contributed by atoms with Gasteiger partial charge in [0.2, 0.25) is 0 Å². The van der Waals surface area contributed by atoms with Gasteiger partial charge < -0.3 is 31.7 Å². The number of rotatable bonds is 8. The molecular weight excluding hydrogens is 816 g/mol. The standard InChI is InChI=1S/C43H36N3O5.C2H6S2.Y/c1-26-16-34-29(14-15-32-18-30-10-3-5-12-37(30)45(32)42(34)47)20-39(26)50-24-27-8-7-9-28(17-27)25-51-41-22-36-35(21-40(41)49-2)43(48)46-33(23-44-36)19-31-11-4-6-13-38(31)46;1-4-2-3;/h3-6,8-13,16-17,20-23,32-33H,14-15,18-19,24-25H2,1-2H3;3H,2H2,1H3;/q-1;;/p-1/t32-,33+;;/m1../s1. The molecule has 1 radical (unpaired) electrons. The summed E-state index contributed by atoms with van der Waals surface area (Å²) < 4.78 is 18.3. The number of carbonyl (C=O) groups is 2. The molecule has 4 aliphatic heterocycles. The van der Waals surface area contributed by atoms with E-state index in [0.717, 1.165) is 81.3 Å². The maximum absolute atomic E-state index is 13.8. The molecule has 2 amide bonds. The number of amides is 2. The molecule has 8 nitrogen and oxygen atoms in total. The fraction of sp³-hybridized carbons (Fsp3) is 0.267. The van der Waals surface area contributed by atoms with Gasteiger partial charge in [-0.1, -0.05) is 36.4 Å². The number of para-hydroxylation sites is 2. The Balaban J connectivity index is 0.000000919. The number of hydrogen-bond donors (Lipinski definition) is 0. The van der Waals surface area contributed by atoms with Crippen LogP contribution in [0.25, 0.3) is 0 Å². The molecule has 0 aliphatic carbocycles. The van der Waals surface area contributed by atoms with E-state index in [-0.39, 0.29) is 63.2 Å². The molecule has 0 fully saturated rings. The van der Waals surface area contributed by atoms with Gasteiger partial charge >= 0.3 is 0 Å². The van der Waals surface area contributed by atoms with E-state index in [0.29, 0.717) is 29.4 Å². The summed E-state index contributed by atoms with van der Waals surface area (Å²) in [6, 6.07) is 32.9. The number of anilines is 2. The molecule has 0 bridgehead atoms. The summed E-state index contributed by atoms with van der Waals surface area (Å²) in [5.41, 5.74) is 9.96. The van der Waals surface area contributed by atoms with Crippen LogP contribution in [0.4, 0.5) is 17.1 Å². The molecule has 4 heterocycles. The van der Waals surface area contributed by atoms with Crippen LogP contribution in [0.1, 0.15) is 60.5 Å². The number of nitrogens with zero attached hydrogens (tertiary/aromatic N) is 3. The fourth-order valence-electron chi connectivity index (χ4n) is 7.97. The summed E-state index contributed by atoms with van der Waals surface area (Å²) in [6.07, 6.45) is 7.22. The monoisotopic (exact) mass is 856 g/mol. The second-order valence-electron chi connectivity index (χ2n) is 14.1. The molecule has 0 N–H and O–H groups in total. The number of methoxy groups -OCH3 is 1. The van der Waals surface area contributed by atoms with Crippen molar-refractivity contribution in [3.63, 3.8) is 0 Å². The molecule has 2 atom stereocenters. The molecule has 0 unspecified atom stereocenters. The van der Waals surface area contributed by atoms with Gasteiger partial charge in [0.1, 0.15) is 5.75 Å². The van der Waals surface area contributed by atoms with Crippen LogP contribution in [0.15, 0.2) is 96.0 Å². The van der Waals surface area contributed by atoms with E-state index in [2.05, 4.69) is 36.9 Å². The Hall–Kier alpha value is -4.09. The molecule has 5 aromatic carbocycles. The minimum absolute atomic E-state index is 0. The summed E-state index contributed by atoms with van der Waals surface area (Å²) in [5.74, 6) is 1.72. The molecule has 56 heavy (non-hydrogen) atoms. The first-order chi connectivity index (χ1) is 26.9. The smallest absolute Gasteiger partial charge is 0.261 e. The minimum atomic E-state index is -0.133. The Morgan fingerprint density at radius 2 is 1.45 bits per heavy atom. The van der Waals surface area contributed by atoms with Crippen LogP contribution in [0.3, 0.4) is 0 Å². The average Bonchev–Trinajstić information content (AvgIpc) is 3.71. The van der Waals surface area contributed by atoms with Crippen molar-refractivity contribution >= 4 is 59.5 Å². The number of benzene rings is 5. The van der Waals surface area contributed by atoms with Crippen LogP contribution in [0, 0.1) is 13.0 Å². The molecule has 5 aromatic rings. The number of aryl methyl sites for hydroxylation is 2. The average molecular weight is 857 g/mol. The van der Waals surface area contributed by atoms with E-state index in [1.54, 1.807) is 31.0 Å². The fourth-order valence-corrected chi connectivity index (χ4v) is 7.97. The van der Waals surface area contributed by atoms with E-state index in [4.69, 9.17) is 19.2 Å². The van der Waals surface area contributed by atoms with Gasteiger partial charge in [-0.25, -0.2) is 0 Å². The van der Waals surface area contributed by atoms with Crippen molar-refractivity contribution in [2.45, 2.75) is 57.9 Å². The molecule has 0 aromatic heterocycles. The molecule has 283 valence electrons. The van der Waals surface area contributed by atoms with E-state index < -0.39 is 0 Å². The van der Waals surface area contributed by atoms with Crippen molar-refractivity contribution in [2.24, 2.45) is 4.99 Å². The van der Waals surface area contributed by atoms with Crippen molar-refractivity contribution in [1.82, 2.24) is 0 Å². The van der Waals surface area contributed by atoms with Crippen LogP contribution in [-0.4, -0.2) is 48.6 Å². The number of ether oxygens (including phenoxy) is 3. The quantitative estimate of drug-likeness (QED) is 0.114. The third kappa shape index (κ3) is 7.90. The zero-order chi connectivity index (χ0) is 38.1. The predicted molar refractivity (Wildman–Crippen MR) is 222 cm³/mol. The Bertz CT molecular complexity index is 2310. The summed E-state index contributed by atoms with van der Waals surface area (Å²) in [6.45, 7) is 2.60. The SMILES string of the molecule is COc1cc2c(cc1OCc1c[c-]cc(COc3cc4c(cc3C)C(=O)N3c5ccccc5C[C@H]3CC4)c1)N=C[C@@H]1Cc3ccccc3N1C2=O.CSC[S-].[Y]. The van der Waals surface area contributed by atoms with Crippen LogP contribution in [0.2, 0.25) is 0 Å². The number of carbonyl (C=O) groups excluding carboxylic acids is 2.